The van der Waals surface area contributed by atoms with E-state index in [0.717, 1.165) is 11.7 Å². The first kappa shape index (κ1) is 23.4. The molecule has 0 fully saturated rings. The fourth-order valence-corrected chi connectivity index (χ4v) is 8.47. The van der Waals surface area contributed by atoms with Crippen LogP contribution in [0.4, 0.5) is 5.69 Å². The van der Waals surface area contributed by atoms with E-state index in [1.54, 1.807) is 0 Å². The largest absolute Gasteiger partial charge is 0.469 e. The maximum absolute atomic E-state index is 12.5. The summed E-state index contributed by atoms with van der Waals surface area (Å²) in [4.78, 5) is 24.1. The number of nitrogens with one attached hydrogen (secondary N) is 1. The highest BCUT2D eigenvalue weighted by atomic mass is 31.2. The first-order valence-corrected chi connectivity index (χ1v) is 13.1. The van der Waals surface area contributed by atoms with Gasteiger partial charge in [0.2, 0.25) is 5.91 Å². The highest BCUT2D eigenvalue weighted by Crippen LogP contribution is 2.58. The van der Waals surface area contributed by atoms with Crippen molar-refractivity contribution in [3.05, 3.63) is 121 Å². The second kappa shape index (κ2) is 10.9. The van der Waals surface area contributed by atoms with Crippen molar-refractivity contribution in [3.63, 3.8) is 0 Å². The average Bonchev–Trinajstić information content (AvgIpc) is 2.89. The normalized spacial score (nSPS) is 11.0. The highest BCUT2D eigenvalue weighted by Gasteiger charge is 2.45. The van der Waals surface area contributed by atoms with Gasteiger partial charge in [0.15, 0.2) is 0 Å². The van der Waals surface area contributed by atoms with Crippen molar-refractivity contribution in [3.8, 4) is 0 Å². The molecule has 4 nitrogen and oxygen atoms in total. The molecule has 5 heteroatoms. The van der Waals surface area contributed by atoms with Crippen molar-refractivity contribution in [1.29, 1.82) is 0 Å². The van der Waals surface area contributed by atoms with Gasteiger partial charge in [0, 0.05) is 11.3 Å². The molecular weight excluding hydrogens is 441 g/mol. The van der Waals surface area contributed by atoms with Gasteiger partial charge in [0.05, 0.1) is 7.11 Å². The topological polar surface area (TPSA) is 55.4 Å². The Kier molecular flexibility index (Phi) is 7.51. The summed E-state index contributed by atoms with van der Waals surface area (Å²) in [6, 6.07) is 39.6. The van der Waals surface area contributed by atoms with Gasteiger partial charge in [-0.3, -0.25) is 9.59 Å². The molecule has 1 N–H and O–H groups in total. The van der Waals surface area contributed by atoms with Gasteiger partial charge in [-0.05, 0) is 42.5 Å². The van der Waals surface area contributed by atoms with Crippen LogP contribution in [0.3, 0.4) is 0 Å². The summed E-state index contributed by atoms with van der Waals surface area (Å²) in [5, 5.41) is 6.73. The van der Waals surface area contributed by atoms with E-state index in [1.165, 1.54) is 23.0 Å². The molecule has 0 bridgehead atoms. The lowest BCUT2D eigenvalue weighted by atomic mass is 10.2. The smallest absolute Gasteiger partial charge is 0.315 e. The molecule has 0 atom stereocenters. The number of ether oxygens (including phenoxy) is 1. The molecule has 1 amide bonds. The Morgan fingerprint density at radius 1 is 0.676 bits per heavy atom. The number of methoxy groups -OCH3 is 1. The Morgan fingerprint density at radius 2 is 1.12 bits per heavy atom. The number of hydrogen-bond donors (Lipinski definition) is 1. The molecule has 0 spiro atoms. The van der Waals surface area contributed by atoms with E-state index >= 15 is 0 Å². The van der Waals surface area contributed by atoms with Gasteiger partial charge < -0.3 is 10.1 Å². The maximum Gasteiger partial charge on any atom is 0.315 e. The molecule has 4 aromatic carbocycles. The Bertz CT molecular complexity index is 1150. The number of rotatable bonds is 8. The molecule has 34 heavy (non-hydrogen) atoms. The van der Waals surface area contributed by atoms with Gasteiger partial charge in [-0.15, -0.1) is 0 Å². The summed E-state index contributed by atoms with van der Waals surface area (Å²) in [5.41, 5.74) is 1.73. The number of para-hydroxylation sites is 1. The number of anilines is 1. The molecule has 0 saturated carbocycles. The van der Waals surface area contributed by atoms with Gasteiger partial charge in [0.1, 0.15) is 35.8 Å². The second-order valence-corrected chi connectivity index (χ2v) is 11.4. The summed E-state index contributed by atoms with van der Waals surface area (Å²) in [6.07, 6.45) is 0.404. The second-order valence-electron chi connectivity index (χ2n) is 7.93. The molecule has 4 rings (SSSR count). The van der Waals surface area contributed by atoms with Crippen molar-refractivity contribution >= 4 is 40.7 Å². The van der Waals surface area contributed by atoms with E-state index in [-0.39, 0.29) is 12.3 Å². The van der Waals surface area contributed by atoms with Crippen LogP contribution < -0.4 is 21.2 Å². The summed E-state index contributed by atoms with van der Waals surface area (Å²) in [6.45, 7) is 0. The fourth-order valence-electron chi connectivity index (χ4n) is 4.20. The summed E-state index contributed by atoms with van der Waals surface area (Å²) in [5.74, 6) is -0.947. The Balaban J connectivity index is 1.86. The number of amides is 1. The third-order valence-corrected chi connectivity index (χ3v) is 10.2. The molecule has 0 radical (unpaired) electrons. The zero-order valence-electron chi connectivity index (χ0n) is 19.1. The van der Waals surface area contributed by atoms with E-state index in [0.29, 0.717) is 5.69 Å². The van der Waals surface area contributed by atoms with Crippen molar-refractivity contribution in [2.75, 3.05) is 12.4 Å². The fraction of sp³-hybridized carbons (Fsp3) is 0.103. The van der Waals surface area contributed by atoms with E-state index in [4.69, 9.17) is 0 Å². The lowest BCUT2D eigenvalue weighted by Crippen LogP contribution is -2.32. The zero-order chi connectivity index (χ0) is 23.8. The molecule has 170 valence electrons. The van der Waals surface area contributed by atoms with E-state index in [9.17, 15) is 9.59 Å². The third kappa shape index (κ3) is 5.08. The van der Waals surface area contributed by atoms with Crippen molar-refractivity contribution in [1.82, 2.24) is 0 Å². The van der Waals surface area contributed by atoms with E-state index in [1.807, 2.05) is 36.4 Å². The van der Waals surface area contributed by atoms with Crippen LogP contribution in [0.15, 0.2) is 115 Å². The van der Waals surface area contributed by atoms with Gasteiger partial charge in [-0.1, -0.05) is 72.8 Å². The molecule has 0 saturated heterocycles. The van der Waals surface area contributed by atoms with Crippen molar-refractivity contribution in [2.45, 2.75) is 12.6 Å². The molecule has 0 aliphatic heterocycles. The molecule has 0 aromatic heterocycles. The van der Waals surface area contributed by atoms with Crippen LogP contribution in [0.1, 0.15) is 12.0 Å². The minimum absolute atomic E-state index is 0.318. The lowest BCUT2D eigenvalue weighted by molar-refractivity contribution is -0.142. The standard InChI is InChI=1S/C29H26NO3P/c1-33-29(32)21-28(31)30-27-20-12-11-13-23(27)22-34(24-14-5-2-6-15-24,25-16-7-3-8-17-25)26-18-9-4-10-19-26/h2-20H,21-22H2,1H3/p+1. The quantitative estimate of drug-likeness (QED) is 0.232. The minimum Gasteiger partial charge on any atom is -0.469 e. The molecule has 0 aliphatic carbocycles. The SMILES string of the molecule is COC(=O)CC(=O)Nc1ccccc1C[P+](c1ccccc1)(c1ccccc1)c1ccccc1. The van der Waals surface area contributed by atoms with Crippen LogP contribution >= 0.6 is 7.26 Å². The van der Waals surface area contributed by atoms with Crippen molar-refractivity contribution in [2.24, 2.45) is 0 Å². The predicted octanol–water partition coefficient (Wildman–Crippen LogP) is 4.68. The Hall–Kier alpha value is -3.75. The predicted molar refractivity (Wildman–Crippen MR) is 141 cm³/mol. The van der Waals surface area contributed by atoms with Crippen LogP contribution in [0.2, 0.25) is 0 Å². The number of hydrogen-bond acceptors (Lipinski definition) is 3. The number of carbonyl (C=O) groups is 2. The number of carbonyl (C=O) groups excluding carboxylic acids is 2. The first-order chi connectivity index (χ1) is 16.6. The number of esters is 1. The minimum atomic E-state index is -2.12. The number of benzene rings is 4. The molecule has 0 heterocycles. The van der Waals surface area contributed by atoms with Gasteiger partial charge in [0.25, 0.3) is 0 Å². The molecule has 4 aromatic rings. The molecule has 0 aliphatic rings. The Labute approximate surface area is 200 Å². The van der Waals surface area contributed by atoms with Gasteiger partial charge >= 0.3 is 5.97 Å². The summed E-state index contributed by atoms with van der Waals surface area (Å²) < 4.78 is 4.65. The van der Waals surface area contributed by atoms with Gasteiger partial charge in [-0.2, -0.15) is 0 Å². The molecule has 0 unspecified atom stereocenters. The van der Waals surface area contributed by atoms with Crippen LogP contribution in [-0.2, 0) is 20.5 Å². The van der Waals surface area contributed by atoms with Crippen LogP contribution in [0, 0.1) is 0 Å². The maximum atomic E-state index is 12.5. The van der Waals surface area contributed by atoms with E-state index in [2.05, 4.69) is 88.9 Å². The Morgan fingerprint density at radius 3 is 1.59 bits per heavy atom. The summed E-state index contributed by atoms with van der Waals surface area (Å²) in [7, 11) is -0.842. The third-order valence-electron chi connectivity index (χ3n) is 5.82. The first-order valence-electron chi connectivity index (χ1n) is 11.1. The lowest BCUT2D eigenvalue weighted by Gasteiger charge is -2.28. The zero-order valence-corrected chi connectivity index (χ0v) is 20.0. The van der Waals surface area contributed by atoms with Crippen LogP contribution in [0.5, 0.6) is 0 Å². The van der Waals surface area contributed by atoms with Crippen LogP contribution in [0.25, 0.3) is 0 Å². The molecular formula is C29H27NO3P+. The monoisotopic (exact) mass is 468 g/mol. The van der Waals surface area contributed by atoms with Crippen LogP contribution in [-0.4, -0.2) is 19.0 Å². The van der Waals surface area contributed by atoms with E-state index < -0.39 is 13.2 Å². The van der Waals surface area contributed by atoms with Gasteiger partial charge in [-0.25, -0.2) is 0 Å². The highest BCUT2D eigenvalue weighted by molar-refractivity contribution is 7.95. The summed E-state index contributed by atoms with van der Waals surface area (Å²) >= 11 is 0. The van der Waals surface area contributed by atoms with Crippen molar-refractivity contribution < 1.29 is 14.3 Å². The average molecular weight is 469 g/mol.